The van der Waals surface area contributed by atoms with Crippen LogP contribution in [-0.2, 0) is 9.53 Å². The van der Waals surface area contributed by atoms with E-state index < -0.39 is 28.7 Å². The Bertz CT molecular complexity index is 1350. The number of nitrogens with zero attached hydrogens (tertiary/aromatic N) is 4. The predicted molar refractivity (Wildman–Crippen MR) is 121 cm³/mol. The summed E-state index contributed by atoms with van der Waals surface area (Å²) in [6.45, 7) is 1.32. The molecule has 2 aromatic heterocycles. The van der Waals surface area contributed by atoms with Crippen molar-refractivity contribution in [2.75, 3.05) is 5.32 Å². The second-order valence-electron chi connectivity index (χ2n) is 6.94. The number of benzene rings is 2. The Morgan fingerprint density at radius 1 is 1.15 bits per heavy atom. The number of amides is 1. The Morgan fingerprint density at radius 3 is 2.56 bits per heavy atom. The highest BCUT2D eigenvalue weighted by Gasteiger charge is 2.26. The van der Waals surface area contributed by atoms with Gasteiger partial charge < -0.3 is 10.1 Å². The van der Waals surface area contributed by atoms with Crippen LogP contribution in [0.3, 0.4) is 0 Å². The van der Waals surface area contributed by atoms with Crippen molar-refractivity contribution in [2.45, 2.75) is 13.0 Å². The Morgan fingerprint density at radius 2 is 1.88 bits per heavy atom. The number of hydrogen-bond acceptors (Lipinski definition) is 8. The molecule has 2 aromatic carbocycles. The van der Waals surface area contributed by atoms with Gasteiger partial charge in [0.25, 0.3) is 17.4 Å². The summed E-state index contributed by atoms with van der Waals surface area (Å²) in [5, 5.41) is 19.5. The Kier molecular flexibility index (Phi) is 6.41. The number of aromatic nitrogens is 3. The lowest BCUT2D eigenvalue weighted by Gasteiger charge is -2.12. The van der Waals surface area contributed by atoms with E-state index in [4.69, 9.17) is 4.74 Å². The van der Waals surface area contributed by atoms with Crippen molar-refractivity contribution in [3.8, 4) is 16.4 Å². The number of thiophene rings is 1. The monoisotopic (exact) mass is 481 g/mol. The Balaban J connectivity index is 1.55. The van der Waals surface area contributed by atoms with E-state index in [9.17, 15) is 24.1 Å². The van der Waals surface area contributed by atoms with Gasteiger partial charge in [0.1, 0.15) is 11.5 Å². The molecule has 0 saturated heterocycles. The summed E-state index contributed by atoms with van der Waals surface area (Å²) < 4.78 is 19.9. The van der Waals surface area contributed by atoms with Gasteiger partial charge in [0.05, 0.1) is 15.5 Å². The lowest BCUT2D eigenvalue weighted by molar-refractivity contribution is -0.383. The lowest BCUT2D eigenvalue weighted by Crippen LogP contribution is -2.30. The summed E-state index contributed by atoms with van der Waals surface area (Å²) in [5.74, 6) is -2.13. The molecule has 1 N–H and O–H groups in total. The van der Waals surface area contributed by atoms with E-state index >= 15 is 0 Å². The molecule has 1 unspecified atom stereocenters. The van der Waals surface area contributed by atoms with Crippen molar-refractivity contribution >= 4 is 34.6 Å². The summed E-state index contributed by atoms with van der Waals surface area (Å²) in [5.41, 5.74) is 0.146. The minimum atomic E-state index is -1.30. The van der Waals surface area contributed by atoms with Crippen LogP contribution in [-0.4, -0.2) is 37.7 Å². The van der Waals surface area contributed by atoms with E-state index in [-0.39, 0.29) is 17.2 Å². The average Bonchev–Trinajstić information content (AvgIpc) is 3.50. The second kappa shape index (κ2) is 9.58. The van der Waals surface area contributed by atoms with Gasteiger partial charge in [-0.15, -0.1) is 16.4 Å². The molecule has 0 fully saturated rings. The van der Waals surface area contributed by atoms with Gasteiger partial charge in [0, 0.05) is 6.07 Å². The van der Waals surface area contributed by atoms with Gasteiger partial charge in [-0.3, -0.25) is 14.9 Å². The van der Waals surface area contributed by atoms with Gasteiger partial charge in [-0.2, -0.15) is 4.98 Å². The molecule has 12 heteroatoms. The van der Waals surface area contributed by atoms with Crippen molar-refractivity contribution in [3.63, 3.8) is 0 Å². The molecule has 10 nitrogen and oxygen atoms in total. The number of nitro groups is 1. The van der Waals surface area contributed by atoms with E-state index in [1.54, 1.807) is 12.1 Å². The molecule has 0 radical (unpaired) electrons. The molecule has 2 heterocycles. The molecule has 0 bridgehead atoms. The van der Waals surface area contributed by atoms with E-state index in [0.717, 1.165) is 0 Å². The zero-order chi connectivity index (χ0) is 24.2. The molecule has 0 aliphatic heterocycles. The van der Waals surface area contributed by atoms with Crippen LogP contribution in [0.2, 0.25) is 0 Å². The predicted octanol–water partition coefficient (Wildman–Crippen LogP) is 4.23. The third-order valence-electron chi connectivity index (χ3n) is 4.61. The molecular formula is C22H16FN5O5S. The fourth-order valence-electron chi connectivity index (χ4n) is 2.97. The third kappa shape index (κ3) is 4.81. The zero-order valence-electron chi connectivity index (χ0n) is 17.5. The number of nitrogens with one attached hydrogen (secondary N) is 1. The quantitative estimate of drug-likeness (QED) is 0.238. The fraction of sp³-hybridized carbons (Fsp3) is 0.0909. The topological polar surface area (TPSA) is 129 Å². The number of nitro benzene ring substituents is 1. The molecule has 1 atom stereocenters. The van der Waals surface area contributed by atoms with Gasteiger partial charge in [-0.25, -0.2) is 13.9 Å². The first-order valence-corrected chi connectivity index (χ1v) is 10.7. The first-order valence-electron chi connectivity index (χ1n) is 9.85. The van der Waals surface area contributed by atoms with E-state index in [1.807, 2.05) is 5.38 Å². The second-order valence-corrected chi connectivity index (χ2v) is 7.88. The summed E-state index contributed by atoms with van der Waals surface area (Å²) >= 11 is 1.37. The SMILES string of the molecule is CC(OC(=O)c1nc(-c2cccs2)n(-c2ccc(F)cc2)n1)C(=O)Nc1ccccc1[N+](=O)[O-]. The Labute approximate surface area is 195 Å². The maximum absolute atomic E-state index is 13.4. The maximum Gasteiger partial charge on any atom is 0.379 e. The van der Waals surface area contributed by atoms with Crippen LogP contribution < -0.4 is 5.32 Å². The number of ether oxygens (including phenoxy) is 1. The molecule has 4 aromatic rings. The van der Waals surface area contributed by atoms with E-state index in [2.05, 4.69) is 15.4 Å². The van der Waals surface area contributed by atoms with Crippen LogP contribution in [0.1, 0.15) is 17.5 Å². The number of anilines is 1. The van der Waals surface area contributed by atoms with Gasteiger partial charge in [-0.1, -0.05) is 18.2 Å². The van der Waals surface area contributed by atoms with E-state index in [1.165, 1.54) is 71.5 Å². The van der Waals surface area contributed by atoms with Crippen molar-refractivity contribution in [1.29, 1.82) is 0 Å². The number of halogens is 1. The number of rotatable bonds is 7. The van der Waals surface area contributed by atoms with Crippen LogP contribution >= 0.6 is 11.3 Å². The fourth-order valence-corrected chi connectivity index (χ4v) is 3.66. The minimum absolute atomic E-state index is 0.0286. The standard InChI is InChI=1S/C22H16FN5O5S/c1-13(21(29)24-16-5-2-3-6-17(16)28(31)32)33-22(30)19-25-20(18-7-4-12-34-18)27(26-19)15-10-8-14(23)9-11-15/h2-13H,1H3,(H,24,29). The molecule has 4 rings (SSSR count). The molecular weight excluding hydrogens is 465 g/mol. The van der Waals surface area contributed by atoms with Crippen LogP contribution in [0.5, 0.6) is 0 Å². The van der Waals surface area contributed by atoms with Crippen molar-refractivity contribution in [2.24, 2.45) is 0 Å². The largest absolute Gasteiger partial charge is 0.447 e. The normalized spacial score (nSPS) is 11.6. The summed E-state index contributed by atoms with van der Waals surface area (Å²) in [6, 6.07) is 14.7. The van der Waals surface area contributed by atoms with Gasteiger partial charge >= 0.3 is 5.97 Å². The van der Waals surface area contributed by atoms with Crippen LogP contribution in [0.4, 0.5) is 15.8 Å². The van der Waals surface area contributed by atoms with Gasteiger partial charge in [0.2, 0.25) is 0 Å². The van der Waals surface area contributed by atoms with Crippen molar-refractivity contribution in [1.82, 2.24) is 14.8 Å². The number of esters is 1. The lowest BCUT2D eigenvalue weighted by atomic mass is 10.2. The molecule has 0 aliphatic rings. The molecule has 0 saturated carbocycles. The van der Waals surface area contributed by atoms with Crippen molar-refractivity contribution in [3.05, 3.63) is 87.8 Å². The number of hydrogen-bond donors (Lipinski definition) is 1. The maximum atomic E-state index is 13.4. The van der Waals surface area contributed by atoms with Crippen LogP contribution in [0.25, 0.3) is 16.4 Å². The molecule has 172 valence electrons. The number of para-hydroxylation sites is 2. The molecule has 1 amide bonds. The highest BCUT2D eigenvalue weighted by molar-refractivity contribution is 7.13. The first-order chi connectivity index (χ1) is 16.3. The van der Waals surface area contributed by atoms with Gasteiger partial charge in [-0.05, 0) is 48.7 Å². The number of carbonyl (C=O) groups is 2. The minimum Gasteiger partial charge on any atom is -0.447 e. The highest BCUT2D eigenvalue weighted by Crippen LogP contribution is 2.26. The molecule has 0 spiro atoms. The zero-order valence-corrected chi connectivity index (χ0v) is 18.4. The third-order valence-corrected chi connectivity index (χ3v) is 5.48. The molecule has 0 aliphatic carbocycles. The van der Waals surface area contributed by atoms with Crippen LogP contribution in [0.15, 0.2) is 66.0 Å². The summed E-state index contributed by atoms with van der Waals surface area (Å²) in [4.78, 5) is 40.6. The van der Waals surface area contributed by atoms with Gasteiger partial charge in [0.15, 0.2) is 11.9 Å². The van der Waals surface area contributed by atoms with Crippen molar-refractivity contribution < 1.29 is 23.6 Å². The van der Waals surface area contributed by atoms with E-state index in [0.29, 0.717) is 16.4 Å². The Hall–Kier alpha value is -4.45. The summed E-state index contributed by atoms with van der Waals surface area (Å²) in [7, 11) is 0. The molecule has 34 heavy (non-hydrogen) atoms. The smallest absolute Gasteiger partial charge is 0.379 e. The average molecular weight is 481 g/mol. The highest BCUT2D eigenvalue weighted by atomic mass is 32.1. The van der Waals surface area contributed by atoms with Crippen LogP contribution in [0, 0.1) is 15.9 Å². The summed E-state index contributed by atoms with van der Waals surface area (Å²) in [6.07, 6.45) is -1.30. The number of carbonyl (C=O) groups excluding carboxylic acids is 2. The first kappa shape index (κ1) is 22.7.